The summed E-state index contributed by atoms with van der Waals surface area (Å²) in [5, 5.41) is 13.1. The van der Waals surface area contributed by atoms with E-state index in [0.29, 0.717) is 11.4 Å². The molecule has 0 saturated carbocycles. The van der Waals surface area contributed by atoms with Crippen LogP contribution in [0, 0.1) is 0 Å². The van der Waals surface area contributed by atoms with Crippen LogP contribution in [0.2, 0.25) is 0 Å². The number of ether oxygens (including phenoxy) is 1. The standard InChI is InChI=1S/C11H14N2O4/c1-17-9-4-2-8(3-5-9)13-11(16)10(15)12-6-7-14/h2-5,14H,6-7H2,1H3,(H,12,15)(H,13,16). The maximum Gasteiger partial charge on any atom is 0.313 e. The highest BCUT2D eigenvalue weighted by Gasteiger charge is 2.12. The summed E-state index contributed by atoms with van der Waals surface area (Å²) in [6.07, 6.45) is 0. The van der Waals surface area contributed by atoms with Crippen LogP contribution in [-0.4, -0.2) is 37.2 Å². The number of carbonyl (C=O) groups excluding carboxylic acids is 2. The quantitative estimate of drug-likeness (QED) is 0.631. The van der Waals surface area contributed by atoms with Gasteiger partial charge in [-0.3, -0.25) is 9.59 Å². The Morgan fingerprint density at radius 2 is 1.88 bits per heavy atom. The molecule has 0 heterocycles. The molecule has 3 N–H and O–H groups in total. The van der Waals surface area contributed by atoms with Crippen molar-refractivity contribution >= 4 is 17.5 Å². The fourth-order valence-electron chi connectivity index (χ4n) is 1.11. The van der Waals surface area contributed by atoms with E-state index in [1.54, 1.807) is 24.3 Å². The van der Waals surface area contributed by atoms with Crippen molar-refractivity contribution in [3.05, 3.63) is 24.3 Å². The monoisotopic (exact) mass is 238 g/mol. The normalized spacial score (nSPS) is 9.53. The fourth-order valence-corrected chi connectivity index (χ4v) is 1.11. The highest BCUT2D eigenvalue weighted by Crippen LogP contribution is 2.14. The van der Waals surface area contributed by atoms with Gasteiger partial charge < -0.3 is 20.5 Å². The van der Waals surface area contributed by atoms with Crippen molar-refractivity contribution in [2.24, 2.45) is 0 Å². The molecule has 6 heteroatoms. The van der Waals surface area contributed by atoms with Crippen molar-refractivity contribution < 1.29 is 19.4 Å². The third-order valence-corrected chi connectivity index (χ3v) is 1.95. The lowest BCUT2D eigenvalue weighted by Gasteiger charge is -2.06. The average molecular weight is 238 g/mol. The van der Waals surface area contributed by atoms with Crippen LogP contribution >= 0.6 is 0 Å². The second-order valence-corrected chi connectivity index (χ2v) is 3.16. The molecule has 1 aromatic rings. The van der Waals surface area contributed by atoms with Crippen LogP contribution < -0.4 is 15.4 Å². The number of aliphatic hydroxyl groups is 1. The summed E-state index contributed by atoms with van der Waals surface area (Å²) in [4.78, 5) is 22.5. The van der Waals surface area contributed by atoms with Gasteiger partial charge in [0.1, 0.15) is 5.75 Å². The first-order chi connectivity index (χ1) is 8.17. The first-order valence-electron chi connectivity index (χ1n) is 5.01. The number of aliphatic hydroxyl groups excluding tert-OH is 1. The SMILES string of the molecule is COc1ccc(NC(=O)C(=O)NCCO)cc1. The maximum absolute atomic E-state index is 11.3. The highest BCUT2D eigenvalue weighted by molar-refractivity contribution is 6.39. The first-order valence-corrected chi connectivity index (χ1v) is 5.01. The zero-order valence-electron chi connectivity index (χ0n) is 9.40. The summed E-state index contributed by atoms with van der Waals surface area (Å²) < 4.78 is 4.95. The molecule has 0 spiro atoms. The molecular weight excluding hydrogens is 224 g/mol. The van der Waals surface area contributed by atoms with Gasteiger partial charge in [0.2, 0.25) is 0 Å². The summed E-state index contributed by atoms with van der Waals surface area (Å²) in [5.74, 6) is -0.897. The second-order valence-electron chi connectivity index (χ2n) is 3.16. The second kappa shape index (κ2) is 6.49. The molecule has 0 saturated heterocycles. The van der Waals surface area contributed by atoms with Gasteiger partial charge in [-0.2, -0.15) is 0 Å². The van der Waals surface area contributed by atoms with Crippen molar-refractivity contribution in [1.29, 1.82) is 0 Å². The molecule has 1 aromatic carbocycles. The lowest BCUT2D eigenvalue weighted by molar-refractivity contribution is -0.136. The van der Waals surface area contributed by atoms with Gasteiger partial charge >= 0.3 is 11.8 Å². The number of benzene rings is 1. The summed E-state index contributed by atoms with van der Waals surface area (Å²) >= 11 is 0. The van der Waals surface area contributed by atoms with Crippen LogP contribution in [0.3, 0.4) is 0 Å². The molecular formula is C11H14N2O4. The van der Waals surface area contributed by atoms with E-state index in [4.69, 9.17) is 9.84 Å². The van der Waals surface area contributed by atoms with Crippen molar-refractivity contribution in [1.82, 2.24) is 5.32 Å². The van der Waals surface area contributed by atoms with Crippen LogP contribution in [0.15, 0.2) is 24.3 Å². The number of hydrogen-bond acceptors (Lipinski definition) is 4. The van der Waals surface area contributed by atoms with Gasteiger partial charge in [-0.05, 0) is 24.3 Å². The smallest absolute Gasteiger partial charge is 0.313 e. The molecule has 0 aromatic heterocycles. The first kappa shape index (κ1) is 13.0. The molecule has 0 aliphatic carbocycles. The van der Waals surface area contributed by atoms with E-state index in [0.717, 1.165) is 0 Å². The Kier molecular flexibility index (Phi) is 4.96. The minimum Gasteiger partial charge on any atom is -0.497 e. The summed E-state index contributed by atoms with van der Waals surface area (Å²) in [7, 11) is 1.54. The van der Waals surface area contributed by atoms with Crippen molar-refractivity contribution in [3.8, 4) is 5.75 Å². The van der Waals surface area contributed by atoms with Crippen LogP contribution in [0.5, 0.6) is 5.75 Å². The third kappa shape index (κ3) is 4.12. The fraction of sp³-hybridized carbons (Fsp3) is 0.273. The summed E-state index contributed by atoms with van der Waals surface area (Å²) in [5.41, 5.74) is 0.495. The third-order valence-electron chi connectivity index (χ3n) is 1.95. The van der Waals surface area contributed by atoms with Gasteiger partial charge in [-0.15, -0.1) is 0 Å². The molecule has 0 fully saturated rings. The van der Waals surface area contributed by atoms with Crippen molar-refractivity contribution in [3.63, 3.8) is 0 Å². The van der Waals surface area contributed by atoms with Gasteiger partial charge in [-0.25, -0.2) is 0 Å². The van der Waals surface area contributed by atoms with Gasteiger partial charge in [-0.1, -0.05) is 0 Å². The van der Waals surface area contributed by atoms with Gasteiger partial charge in [0.25, 0.3) is 0 Å². The lowest BCUT2D eigenvalue weighted by atomic mass is 10.3. The largest absolute Gasteiger partial charge is 0.497 e. The van der Waals surface area contributed by atoms with Gasteiger partial charge in [0.05, 0.1) is 13.7 Å². The van der Waals surface area contributed by atoms with E-state index in [2.05, 4.69) is 10.6 Å². The van der Waals surface area contributed by atoms with E-state index in [9.17, 15) is 9.59 Å². The lowest BCUT2D eigenvalue weighted by Crippen LogP contribution is -2.36. The number of rotatable bonds is 4. The van der Waals surface area contributed by atoms with E-state index in [1.165, 1.54) is 7.11 Å². The minimum atomic E-state index is -0.783. The molecule has 0 unspecified atom stereocenters. The minimum absolute atomic E-state index is 0.0505. The molecule has 0 bridgehead atoms. The van der Waals surface area contributed by atoms with Crippen LogP contribution in [0.25, 0.3) is 0 Å². The number of methoxy groups -OCH3 is 1. The Morgan fingerprint density at radius 1 is 1.24 bits per heavy atom. The Hall–Kier alpha value is -2.08. The number of anilines is 1. The Balaban J connectivity index is 2.52. The van der Waals surface area contributed by atoms with Gasteiger partial charge in [0.15, 0.2) is 0 Å². The van der Waals surface area contributed by atoms with Crippen LogP contribution in [0.4, 0.5) is 5.69 Å². The van der Waals surface area contributed by atoms with Crippen LogP contribution in [-0.2, 0) is 9.59 Å². The molecule has 0 aliphatic heterocycles. The molecule has 1 rings (SSSR count). The molecule has 2 amide bonds. The summed E-state index contributed by atoms with van der Waals surface area (Å²) in [6.45, 7) is -0.156. The van der Waals surface area contributed by atoms with E-state index >= 15 is 0 Å². The zero-order valence-corrected chi connectivity index (χ0v) is 9.40. The van der Waals surface area contributed by atoms with Gasteiger partial charge in [0, 0.05) is 12.2 Å². The number of carbonyl (C=O) groups is 2. The molecule has 0 atom stereocenters. The average Bonchev–Trinajstić information content (AvgIpc) is 2.36. The molecule has 92 valence electrons. The molecule has 0 aliphatic rings. The molecule has 6 nitrogen and oxygen atoms in total. The summed E-state index contributed by atoms with van der Waals surface area (Å²) in [6, 6.07) is 6.58. The topological polar surface area (TPSA) is 87.7 Å². The van der Waals surface area contributed by atoms with Crippen LogP contribution in [0.1, 0.15) is 0 Å². The van der Waals surface area contributed by atoms with E-state index < -0.39 is 11.8 Å². The number of hydrogen-bond donors (Lipinski definition) is 3. The maximum atomic E-state index is 11.3. The number of amides is 2. The van der Waals surface area contributed by atoms with Crippen molar-refractivity contribution in [2.75, 3.05) is 25.6 Å². The Bertz CT molecular complexity index is 389. The Morgan fingerprint density at radius 3 is 2.41 bits per heavy atom. The van der Waals surface area contributed by atoms with Crippen molar-refractivity contribution in [2.45, 2.75) is 0 Å². The number of nitrogens with one attached hydrogen (secondary N) is 2. The predicted molar refractivity (Wildman–Crippen MR) is 61.7 cm³/mol. The predicted octanol–water partition coefficient (Wildman–Crippen LogP) is -0.258. The Labute approximate surface area is 98.6 Å². The van der Waals surface area contributed by atoms with E-state index in [1.807, 2.05) is 0 Å². The molecule has 17 heavy (non-hydrogen) atoms. The zero-order chi connectivity index (χ0) is 12.7. The van der Waals surface area contributed by atoms with E-state index in [-0.39, 0.29) is 13.2 Å². The molecule has 0 radical (unpaired) electrons. The highest BCUT2D eigenvalue weighted by atomic mass is 16.5.